The van der Waals surface area contributed by atoms with E-state index in [2.05, 4.69) is 4.98 Å². The lowest BCUT2D eigenvalue weighted by Crippen LogP contribution is -2.29. The number of nitrogens with zero attached hydrogens (tertiary/aromatic N) is 2. The summed E-state index contributed by atoms with van der Waals surface area (Å²) in [6.45, 7) is 1.96. The molecular formula is C22H18N2O4S. The predicted octanol–water partition coefficient (Wildman–Crippen LogP) is 4.09. The molecule has 146 valence electrons. The first-order valence-electron chi connectivity index (χ1n) is 8.92. The topological polar surface area (TPSA) is 79.7 Å². The van der Waals surface area contributed by atoms with E-state index in [0.29, 0.717) is 16.4 Å². The van der Waals surface area contributed by atoms with Crippen molar-refractivity contribution in [2.24, 2.45) is 0 Å². The minimum atomic E-state index is -0.770. The molecule has 1 unspecified atom stereocenters. The minimum absolute atomic E-state index is 0.0299. The first-order valence-corrected chi connectivity index (χ1v) is 9.80. The predicted molar refractivity (Wildman–Crippen MR) is 111 cm³/mol. The number of rotatable bonds is 4. The average molecular weight is 406 g/mol. The highest BCUT2D eigenvalue weighted by Crippen LogP contribution is 2.42. The summed E-state index contributed by atoms with van der Waals surface area (Å²) in [5.41, 5.74) is 2.20. The van der Waals surface area contributed by atoms with Crippen molar-refractivity contribution >= 4 is 33.9 Å². The number of thiazole rings is 1. The number of aromatic nitrogens is 1. The lowest BCUT2D eigenvalue weighted by molar-refractivity contribution is -0.132. The van der Waals surface area contributed by atoms with Gasteiger partial charge >= 0.3 is 5.91 Å². The number of carbonyl (C=O) groups excluding carboxylic acids is 2. The third-order valence-electron chi connectivity index (χ3n) is 4.81. The van der Waals surface area contributed by atoms with Crippen LogP contribution in [0.5, 0.6) is 5.75 Å². The van der Waals surface area contributed by atoms with Crippen LogP contribution < -0.4 is 9.64 Å². The molecule has 1 aromatic heterocycles. The Labute approximate surface area is 171 Å². The Kier molecular flexibility index (Phi) is 4.90. The van der Waals surface area contributed by atoms with Crippen molar-refractivity contribution in [1.82, 2.24) is 4.98 Å². The van der Waals surface area contributed by atoms with Gasteiger partial charge < -0.3 is 9.84 Å². The molecule has 7 heteroatoms. The van der Waals surface area contributed by atoms with Crippen molar-refractivity contribution in [3.63, 3.8) is 0 Å². The van der Waals surface area contributed by atoms with E-state index in [1.54, 1.807) is 35.8 Å². The van der Waals surface area contributed by atoms with E-state index in [9.17, 15) is 14.7 Å². The first kappa shape index (κ1) is 18.9. The van der Waals surface area contributed by atoms with Gasteiger partial charge in [-0.3, -0.25) is 14.5 Å². The van der Waals surface area contributed by atoms with E-state index in [1.165, 1.54) is 23.3 Å². The van der Waals surface area contributed by atoms with Crippen molar-refractivity contribution in [2.75, 3.05) is 12.0 Å². The number of benzene rings is 2. The number of ether oxygens (including phenoxy) is 1. The van der Waals surface area contributed by atoms with Gasteiger partial charge in [-0.05, 0) is 24.6 Å². The fraction of sp³-hybridized carbons (Fsp3) is 0.136. The number of hydrogen-bond acceptors (Lipinski definition) is 6. The first-order chi connectivity index (χ1) is 14.0. The Morgan fingerprint density at radius 2 is 1.93 bits per heavy atom. The second-order valence-electron chi connectivity index (χ2n) is 6.63. The van der Waals surface area contributed by atoms with E-state index in [0.717, 1.165) is 11.1 Å². The second-order valence-corrected chi connectivity index (χ2v) is 7.50. The second kappa shape index (κ2) is 7.52. The number of hydrogen-bond donors (Lipinski definition) is 1. The molecule has 2 aromatic carbocycles. The van der Waals surface area contributed by atoms with Gasteiger partial charge in [-0.25, -0.2) is 4.98 Å². The summed E-state index contributed by atoms with van der Waals surface area (Å²) in [4.78, 5) is 31.4. The van der Waals surface area contributed by atoms with Crippen molar-refractivity contribution in [3.05, 3.63) is 82.4 Å². The number of aliphatic hydroxyl groups is 1. The molecule has 0 bridgehead atoms. The normalized spacial score (nSPS) is 18.3. The molecule has 1 aliphatic heterocycles. The summed E-state index contributed by atoms with van der Waals surface area (Å²) in [5, 5.41) is 13.2. The number of amides is 1. The summed E-state index contributed by atoms with van der Waals surface area (Å²) >= 11 is 1.26. The van der Waals surface area contributed by atoms with Crippen LogP contribution in [0.4, 0.5) is 5.13 Å². The molecule has 3 aromatic rings. The summed E-state index contributed by atoms with van der Waals surface area (Å²) in [7, 11) is 1.52. The highest BCUT2D eigenvalue weighted by Gasteiger charge is 2.47. The number of aryl methyl sites for hydroxylation is 1. The van der Waals surface area contributed by atoms with E-state index in [-0.39, 0.29) is 11.3 Å². The van der Waals surface area contributed by atoms with Gasteiger partial charge in [-0.1, -0.05) is 42.0 Å². The molecule has 1 saturated heterocycles. The zero-order valence-electron chi connectivity index (χ0n) is 15.8. The Balaban J connectivity index is 1.93. The zero-order chi connectivity index (χ0) is 20.5. The molecule has 1 aliphatic rings. The van der Waals surface area contributed by atoms with Crippen LogP contribution in [0.1, 0.15) is 22.7 Å². The summed E-state index contributed by atoms with van der Waals surface area (Å²) in [6, 6.07) is 13.5. The number of carbonyl (C=O) groups is 2. The van der Waals surface area contributed by atoms with Gasteiger partial charge in [-0.2, -0.15) is 0 Å². The maximum Gasteiger partial charge on any atom is 0.301 e. The quantitative estimate of drug-likeness (QED) is 0.401. The van der Waals surface area contributed by atoms with Gasteiger partial charge in [0.25, 0.3) is 5.78 Å². The largest absolute Gasteiger partial charge is 0.507 e. The van der Waals surface area contributed by atoms with Gasteiger partial charge in [0, 0.05) is 17.1 Å². The van der Waals surface area contributed by atoms with E-state index < -0.39 is 17.7 Å². The number of anilines is 1. The average Bonchev–Trinajstić information content (AvgIpc) is 3.35. The maximum absolute atomic E-state index is 13.0. The fourth-order valence-corrected chi connectivity index (χ4v) is 4.02. The molecule has 1 fully saturated rings. The lowest BCUT2D eigenvalue weighted by atomic mass is 9.95. The van der Waals surface area contributed by atoms with Gasteiger partial charge in [0.1, 0.15) is 11.5 Å². The van der Waals surface area contributed by atoms with Gasteiger partial charge in [0.15, 0.2) is 5.13 Å². The fourth-order valence-electron chi connectivity index (χ4n) is 3.35. The summed E-state index contributed by atoms with van der Waals surface area (Å²) in [6.07, 6.45) is 1.58. The van der Waals surface area contributed by atoms with Crippen LogP contribution >= 0.6 is 11.3 Å². The van der Waals surface area contributed by atoms with E-state index in [4.69, 9.17) is 4.74 Å². The molecule has 2 heterocycles. The number of aliphatic hydroxyl groups excluding tert-OH is 1. The van der Waals surface area contributed by atoms with Gasteiger partial charge in [0.05, 0.1) is 18.7 Å². The Morgan fingerprint density at radius 1 is 1.17 bits per heavy atom. The standard InChI is InChI=1S/C22H18N2O4S/c1-13-6-8-14(9-7-13)18-17(19(25)15-4-3-5-16(12-15)28-2)20(26)21(27)24(18)22-23-10-11-29-22/h3-12,18,25H,1-2H3. The van der Waals surface area contributed by atoms with E-state index in [1.807, 2.05) is 31.2 Å². The number of Topliss-reactive ketones (excluding diaryl/α,β-unsaturated/α-hetero) is 1. The molecule has 0 aliphatic carbocycles. The number of ketones is 1. The third-order valence-corrected chi connectivity index (χ3v) is 5.58. The highest BCUT2D eigenvalue weighted by atomic mass is 32.1. The van der Waals surface area contributed by atoms with Crippen molar-refractivity contribution in [2.45, 2.75) is 13.0 Å². The van der Waals surface area contributed by atoms with Gasteiger partial charge in [-0.15, -0.1) is 11.3 Å². The molecular weight excluding hydrogens is 388 g/mol. The summed E-state index contributed by atoms with van der Waals surface area (Å²) in [5.74, 6) is -1.16. The monoisotopic (exact) mass is 406 g/mol. The van der Waals surface area contributed by atoms with Crippen LogP contribution in [0.25, 0.3) is 5.76 Å². The van der Waals surface area contributed by atoms with Crippen molar-refractivity contribution < 1.29 is 19.4 Å². The smallest absolute Gasteiger partial charge is 0.301 e. The summed E-state index contributed by atoms with van der Waals surface area (Å²) < 4.78 is 5.22. The van der Waals surface area contributed by atoms with Crippen LogP contribution in [0, 0.1) is 6.92 Å². The molecule has 1 atom stereocenters. The molecule has 6 nitrogen and oxygen atoms in total. The van der Waals surface area contributed by atoms with Crippen molar-refractivity contribution in [3.8, 4) is 5.75 Å². The number of methoxy groups -OCH3 is 1. The van der Waals surface area contributed by atoms with E-state index >= 15 is 0 Å². The zero-order valence-corrected chi connectivity index (χ0v) is 16.6. The Bertz CT molecular complexity index is 1100. The van der Waals surface area contributed by atoms with Crippen LogP contribution in [0.15, 0.2) is 65.7 Å². The minimum Gasteiger partial charge on any atom is -0.507 e. The van der Waals surface area contributed by atoms with Crippen molar-refractivity contribution in [1.29, 1.82) is 0 Å². The van der Waals surface area contributed by atoms with Crippen LogP contribution in [-0.4, -0.2) is 28.9 Å². The molecule has 0 radical (unpaired) electrons. The van der Waals surface area contributed by atoms with Crippen LogP contribution in [0.2, 0.25) is 0 Å². The highest BCUT2D eigenvalue weighted by molar-refractivity contribution is 7.14. The Morgan fingerprint density at radius 3 is 2.59 bits per heavy atom. The third kappa shape index (κ3) is 3.30. The van der Waals surface area contributed by atoms with Crippen LogP contribution in [-0.2, 0) is 9.59 Å². The molecule has 29 heavy (non-hydrogen) atoms. The Hall–Kier alpha value is -3.45. The SMILES string of the molecule is COc1cccc(C(O)=C2C(=O)C(=O)N(c3nccs3)C2c2ccc(C)cc2)c1. The van der Waals surface area contributed by atoms with Gasteiger partial charge in [0.2, 0.25) is 0 Å². The maximum atomic E-state index is 13.0. The lowest BCUT2D eigenvalue weighted by Gasteiger charge is -2.23. The van der Waals surface area contributed by atoms with Crippen LogP contribution in [0.3, 0.4) is 0 Å². The molecule has 1 N–H and O–H groups in total. The molecule has 1 amide bonds. The molecule has 0 saturated carbocycles. The molecule has 0 spiro atoms. The molecule has 4 rings (SSSR count).